The van der Waals surface area contributed by atoms with Crippen molar-refractivity contribution in [1.82, 2.24) is 0 Å². The molecule has 6 heteroatoms. The number of nitrogens with two attached hydrogens (primary N) is 1. The molecule has 3 N–H and O–H groups in total. The Hall–Kier alpha value is -2.19. The van der Waals surface area contributed by atoms with Crippen molar-refractivity contribution < 1.29 is 14.6 Å². The predicted molar refractivity (Wildman–Crippen MR) is 73.6 cm³/mol. The highest BCUT2D eigenvalue weighted by atomic mass is 35.5. The Labute approximate surface area is 116 Å². The Bertz CT molecular complexity index is 507. The molecule has 102 valence electrons. The highest BCUT2D eigenvalue weighted by Crippen LogP contribution is 2.16. The van der Waals surface area contributed by atoms with Crippen LogP contribution in [0.3, 0.4) is 0 Å². The summed E-state index contributed by atoms with van der Waals surface area (Å²) in [5.41, 5.74) is 6.87. The summed E-state index contributed by atoms with van der Waals surface area (Å²) >= 11 is 5.73. The molecule has 19 heavy (non-hydrogen) atoms. The number of rotatable bonds is 3. The van der Waals surface area contributed by atoms with Crippen LogP contribution >= 0.6 is 11.6 Å². The second-order valence-corrected chi connectivity index (χ2v) is 3.82. The first-order chi connectivity index (χ1) is 8.92. The number of halogens is 1. The Kier molecular flexibility index (Phi) is 7.82. The van der Waals surface area contributed by atoms with Gasteiger partial charge in [0, 0.05) is 10.7 Å². The van der Waals surface area contributed by atoms with Gasteiger partial charge < -0.3 is 15.6 Å². The minimum Gasteiger partial charge on any atom is -0.500 e. The van der Waals surface area contributed by atoms with Gasteiger partial charge in [-0.1, -0.05) is 11.6 Å². The lowest BCUT2D eigenvalue weighted by Crippen LogP contribution is -1.98. The van der Waals surface area contributed by atoms with Crippen molar-refractivity contribution in [2.75, 3.05) is 12.3 Å². The number of aryl methyl sites for hydroxylation is 1. The van der Waals surface area contributed by atoms with Crippen LogP contribution in [0.1, 0.15) is 12.5 Å². The van der Waals surface area contributed by atoms with E-state index in [9.17, 15) is 4.79 Å². The maximum Gasteiger partial charge on any atom is 0.349 e. The zero-order chi connectivity index (χ0) is 14.8. The summed E-state index contributed by atoms with van der Waals surface area (Å²) in [7, 11) is 0. The van der Waals surface area contributed by atoms with Crippen molar-refractivity contribution >= 4 is 23.3 Å². The molecule has 0 spiro atoms. The van der Waals surface area contributed by atoms with Gasteiger partial charge in [0.05, 0.1) is 6.61 Å². The van der Waals surface area contributed by atoms with Crippen molar-refractivity contribution in [2.45, 2.75) is 13.8 Å². The van der Waals surface area contributed by atoms with Gasteiger partial charge in [-0.25, -0.2) is 4.79 Å². The van der Waals surface area contributed by atoms with E-state index < -0.39 is 5.97 Å². The third kappa shape index (κ3) is 6.96. The fraction of sp³-hybridized carbons (Fsp3) is 0.231. The van der Waals surface area contributed by atoms with E-state index >= 15 is 0 Å². The second-order valence-electron chi connectivity index (χ2n) is 3.41. The molecular formula is C13H15ClN2O3. The fourth-order valence-electron chi connectivity index (χ4n) is 0.959. The summed E-state index contributed by atoms with van der Waals surface area (Å²) < 4.78 is 4.58. The summed E-state index contributed by atoms with van der Waals surface area (Å²) in [5, 5.41) is 17.1. The van der Waals surface area contributed by atoms with E-state index in [-0.39, 0.29) is 5.57 Å². The monoisotopic (exact) mass is 282 g/mol. The number of carboxylic acid groups (broad SMARTS) is 1. The van der Waals surface area contributed by atoms with Crippen LogP contribution in [0.4, 0.5) is 5.69 Å². The summed E-state index contributed by atoms with van der Waals surface area (Å²) in [6, 6.07) is 6.91. The Morgan fingerprint density at radius 3 is 2.63 bits per heavy atom. The lowest BCUT2D eigenvalue weighted by atomic mass is 10.2. The molecule has 0 radical (unpaired) electrons. The predicted octanol–water partition coefficient (Wildman–Crippen LogP) is 2.75. The number of ether oxygens (including phenoxy) is 1. The maximum absolute atomic E-state index is 10.1. The summed E-state index contributed by atoms with van der Waals surface area (Å²) in [5.74, 6) is -1.27. The lowest BCUT2D eigenvalue weighted by molar-refractivity contribution is -0.132. The van der Waals surface area contributed by atoms with Crippen molar-refractivity contribution in [3.8, 4) is 6.07 Å². The Morgan fingerprint density at radius 1 is 1.63 bits per heavy atom. The van der Waals surface area contributed by atoms with Gasteiger partial charge in [-0.2, -0.15) is 5.26 Å². The molecule has 0 amide bonds. The Balaban J connectivity index is 0.000000342. The molecule has 0 aliphatic carbocycles. The summed E-state index contributed by atoms with van der Waals surface area (Å²) in [6.07, 6.45) is 0.933. The number of nitriles is 1. The van der Waals surface area contributed by atoms with Crippen molar-refractivity contribution in [2.24, 2.45) is 0 Å². The molecule has 0 unspecified atom stereocenters. The molecule has 5 nitrogen and oxygen atoms in total. The first kappa shape index (κ1) is 16.8. The van der Waals surface area contributed by atoms with Gasteiger partial charge in [-0.15, -0.1) is 0 Å². The molecule has 0 fully saturated rings. The number of hydrogen-bond donors (Lipinski definition) is 2. The Morgan fingerprint density at radius 2 is 2.26 bits per heavy atom. The standard InChI is InChI=1S/C7H8ClN.C6H7NO3/c1-5-4-6(9)2-3-7(5)8;1-2-10-4-5(3-7)6(8)9/h2-4H,9H2,1H3;4H,2H2,1H3,(H,8,9). The van der Waals surface area contributed by atoms with Crippen LogP contribution in [0, 0.1) is 18.3 Å². The van der Waals surface area contributed by atoms with Crippen LogP contribution in [0.5, 0.6) is 0 Å². The first-order valence-electron chi connectivity index (χ1n) is 5.39. The van der Waals surface area contributed by atoms with Gasteiger partial charge in [0.1, 0.15) is 12.3 Å². The van der Waals surface area contributed by atoms with E-state index in [0.29, 0.717) is 6.61 Å². The van der Waals surface area contributed by atoms with Gasteiger partial charge in [0.15, 0.2) is 5.57 Å². The molecule has 1 aromatic rings. The van der Waals surface area contributed by atoms with E-state index in [2.05, 4.69) is 4.74 Å². The number of benzene rings is 1. The van der Waals surface area contributed by atoms with Crippen LogP contribution < -0.4 is 5.73 Å². The van der Waals surface area contributed by atoms with Gasteiger partial charge in [-0.05, 0) is 37.6 Å². The van der Waals surface area contributed by atoms with Gasteiger partial charge in [0.2, 0.25) is 0 Å². The van der Waals surface area contributed by atoms with Crippen molar-refractivity contribution in [3.05, 3.63) is 40.6 Å². The highest BCUT2D eigenvalue weighted by molar-refractivity contribution is 6.31. The van der Waals surface area contributed by atoms with E-state index in [1.165, 1.54) is 6.07 Å². The quantitative estimate of drug-likeness (QED) is 0.384. The molecule has 0 aromatic heterocycles. The van der Waals surface area contributed by atoms with Gasteiger partial charge in [-0.3, -0.25) is 0 Å². The zero-order valence-corrected chi connectivity index (χ0v) is 11.4. The van der Waals surface area contributed by atoms with E-state index in [1.807, 2.05) is 13.0 Å². The molecule has 0 saturated carbocycles. The number of nitrogen functional groups attached to an aromatic ring is 1. The van der Waals surface area contributed by atoms with Gasteiger partial charge >= 0.3 is 5.97 Å². The van der Waals surface area contributed by atoms with Crippen LogP contribution in [0.25, 0.3) is 0 Å². The highest BCUT2D eigenvalue weighted by Gasteiger charge is 2.04. The lowest BCUT2D eigenvalue weighted by Gasteiger charge is -1.96. The third-order valence-corrected chi connectivity index (χ3v) is 2.32. The van der Waals surface area contributed by atoms with Gasteiger partial charge in [0.25, 0.3) is 0 Å². The van der Waals surface area contributed by atoms with Crippen molar-refractivity contribution in [1.29, 1.82) is 5.26 Å². The van der Waals surface area contributed by atoms with Crippen LogP contribution in [-0.2, 0) is 9.53 Å². The van der Waals surface area contributed by atoms with Crippen molar-refractivity contribution in [3.63, 3.8) is 0 Å². The number of nitrogens with zero attached hydrogens (tertiary/aromatic N) is 1. The number of aliphatic carboxylic acids is 1. The van der Waals surface area contributed by atoms with Crippen LogP contribution in [0.15, 0.2) is 30.0 Å². The molecule has 0 saturated heterocycles. The largest absolute Gasteiger partial charge is 0.500 e. The molecule has 0 heterocycles. The van der Waals surface area contributed by atoms with E-state index in [0.717, 1.165) is 22.5 Å². The number of anilines is 1. The first-order valence-corrected chi connectivity index (χ1v) is 5.77. The molecule has 0 aliphatic rings. The molecule has 1 rings (SSSR count). The fourth-order valence-corrected chi connectivity index (χ4v) is 1.08. The molecule has 0 bridgehead atoms. The topological polar surface area (TPSA) is 96.3 Å². The average molecular weight is 283 g/mol. The van der Waals surface area contributed by atoms with Crippen LogP contribution in [-0.4, -0.2) is 17.7 Å². The zero-order valence-electron chi connectivity index (χ0n) is 10.7. The van der Waals surface area contributed by atoms with E-state index in [1.54, 1.807) is 19.1 Å². The smallest absolute Gasteiger partial charge is 0.349 e. The molecule has 0 atom stereocenters. The molecular weight excluding hydrogens is 268 g/mol. The minimum atomic E-state index is -1.27. The summed E-state index contributed by atoms with van der Waals surface area (Å²) in [4.78, 5) is 10.1. The summed E-state index contributed by atoms with van der Waals surface area (Å²) in [6.45, 7) is 3.99. The molecule has 0 aliphatic heterocycles. The number of hydrogen-bond acceptors (Lipinski definition) is 4. The maximum atomic E-state index is 10.1. The molecule has 1 aromatic carbocycles. The van der Waals surface area contributed by atoms with E-state index in [4.69, 9.17) is 27.7 Å². The third-order valence-electron chi connectivity index (χ3n) is 1.90. The minimum absolute atomic E-state index is 0.360. The second kappa shape index (κ2) is 8.84. The average Bonchev–Trinajstić information content (AvgIpc) is 2.35. The number of carbonyl (C=O) groups is 1. The SMILES string of the molecule is CCOC=C(C#N)C(=O)O.Cc1cc(N)ccc1Cl. The van der Waals surface area contributed by atoms with Crippen LogP contribution in [0.2, 0.25) is 5.02 Å². The normalized spacial score (nSPS) is 9.89. The number of carboxylic acids is 1.